The minimum absolute atomic E-state index is 0.401. The second-order valence-electron chi connectivity index (χ2n) is 6.68. The molecule has 0 bridgehead atoms. The second-order valence-corrected chi connectivity index (χ2v) is 6.68. The monoisotopic (exact) mass is 410 g/mol. The first-order chi connectivity index (χ1) is 15.3. The van der Waals surface area contributed by atoms with Gasteiger partial charge in [-0.05, 0) is 29.8 Å². The standard InChI is InChI=1S/C25H22N4O2/c1-30-23-14-13-20(15-24(23)31-2)22-16-21(19-11-7-4-8-12-19)27-25(28-22)29-26-17-18-9-5-3-6-10-18/h3-17H,1-2H3,(H,27,28,29)/b26-17+. The van der Waals surface area contributed by atoms with E-state index in [2.05, 4.69) is 20.5 Å². The zero-order chi connectivity index (χ0) is 21.5. The molecule has 4 rings (SSSR count). The van der Waals surface area contributed by atoms with Gasteiger partial charge in [-0.3, -0.25) is 0 Å². The van der Waals surface area contributed by atoms with Crippen molar-refractivity contribution in [2.45, 2.75) is 0 Å². The van der Waals surface area contributed by atoms with E-state index in [1.165, 1.54) is 0 Å². The molecule has 1 heterocycles. The van der Waals surface area contributed by atoms with E-state index in [1.54, 1.807) is 20.4 Å². The van der Waals surface area contributed by atoms with Crippen molar-refractivity contribution in [2.75, 3.05) is 19.6 Å². The molecule has 154 valence electrons. The van der Waals surface area contributed by atoms with Crippen LogP contribution in [0.3, 0.4) is 0 Å². The summed E-state index contributed by atoms with van der Waals surface area (Å²) in [7, 11) is 3.23. The van der Waals surface area contributed by atoms with Gasteiger partial charge in [0.15, 0.2) is 11.5 Å². The predicted octanol–water partition coefficient (Wildman–Crippen LogP) is 5.27. The lowest BCUT2D eigenvalue weighted by molar-refractivity contribution is 0.355. The Kier molecular flexibility index (Phi) is 6.18. The van der Waals surface area contributed by atoms with Crippen LogP contribution < -0.4 is 14.9 Å². The Morgan fingerprint density at radius 1 is 0.710 bits per heavy atom. The fourth-order valence-electron chi connectivity index (χ4n) is 3.10. The lowest BCUT2D eigenvalue weighted by Gasteiger charge is -2.11. The van der Waals surface area contributed by atoms with Crippen LogP contribution in [0, 0.1) is 0 Å². The van der Waals surface area contributed by atoms with Crippen LogP contribution in [-0.2, 0) is 0 Å². The molecule has 3 aromatic carbocycles. The third kappa shape index (κ3) is 4.87. The summed E-state index contributed by atoms with van der Waals surface area (Å²) in [6, 6.07) is 27.4. The number of aromatic nitrogens is 2. The highest BCUT2D eigenvalue weighted by atomic mass is 16.5. The van der Waals surface area contributed by atoms with E-state index in [-0.39, 0.29) is 0 Å². The van der Waals surface area contributed by atoms with Crippen LogP contribution in [0.1, 0.15) is 5.56 Å². The fourth-order valence-corrected chi connectivity index (χ4v) is 3.10. The summed E-state index contributed by atoms with van der Waals surface area (Å²) in [5, 5.41) is 4.30. The van der Waals surface area contributed by atoms with E-state index in [9.17, 15) is 0 Å². The molecule has 1 aromatic heterocycles. The van der Waals surface area contributed by atoms with Gasteiger partial charge in [0, 0.05) is 11.1 Å². The molecule has 31 heavy (non-hydrogen) atoms. The van der Waals surface area contributed by atoms with E-state index in [0.29, 0.717) is 17.4 Å². The van der Waals surface area contributed by atoms with Gasteiger partial charge in [-0.2, -0.15) is 5.10 Å². The van der Waals surface area contributed by atoms with Gasteiger partial charge < -0.3 is 9.47 Å². The number of benzene rings is 3. The van der Waals surface area contributed by atoms with Crippen molar-refractivity contribution in [3.8, 4) is 34.0 Å². The molecule has 6 heteroatoms. The van der Waals surface area contributed by atoms with Crippen molar-refractivity contribution in [1.29, 1.82) is 0 Å². The summed E-state index contributed by atoms with van der Waals surface area (Å²) in [4.78, 5) is 9.30. The molecule has 0 aliphatic carbocycles. The van der Waals surface area contributed by atoms with Crippen molar-refractivity contribution in [3.05, 3.63) is 90.5 Å². The molecule has 6 nitrogen and oxygen atoms in total. The summed E-state index contributed by atoms with van der Waals surface area (Å²) < 4.78 is 10.8. The van der Waals surface area contributed by atoms with Crippen molar-refractivity contribution in [2.24, 2.45) is 5.10 Å². The molecule has 0 fully saturated rings. The summed E-state index contributed by atoms with van der Waals surface area (Å²) in [6.07, 6.45) is 1.73. The lowest BCUT2D eigenvalue weighted by Crippen LogP contribution is -2.00. The highest BCUT2D eigenvalue weighted by Gasteiger charge is 2.11. The Morgan fingerprint density at radius 3 is 2.03 bits per heavy atom. The average molecular weight is 410 g/mol. The zero-order valence-electron chi connectivity index (χ0n) is 17.3. The molecule has 0 atom stereocenters. The smallest absolute Gasteiger partial charge is 0.244 e. The van der Waals surface area contributed by atoms with E-state index in [4.69, 9.17) is 9.47 Å². The average Bonchev–Trinajstić information content (AvgIpc) is 2.84. The summed E-state index contributed by atoms with van der Waals surface area (Å²) in [5.74, 6) is 1.70. The first-order valence-corrected chi connectivity index (χ1v) is 9.78. The van der Waals surface area contributed by atoms with Gasteiger partial charge in [0.2, 0.25) is 5.95 Å². The molecule has 0 aliphatic rings. The maximum atomic E-state index is 5.45. The van der Waals surface area contributed by atoms with Gasteiger partial charge in [-0.1, -0.05) is 60.7 Å². The topological polar surface area (TPSA) is 68.6 Å². The number of anilines is 1. The maximum absolute atomic E-state index is 5.45. The molecule has 1 N–H and O–H groups in total. The van der Waals surface area contributed by atoms with Crippen LogP contribution in [0.25, 0.3) is 22.5 Å². The van der Waals surface area contributed by atoms with Crippen LogP contribution >= 0.6 is 0 Å². The molecule has 4 aromatic rings. The van der Waals surface area contributed by atoms with E-state index >= 15 is 0 Å². The molecular weight excluding hydrogens is 388 g/mol. The van der Waals surface area contributed by atoms with Crippen LogP contribution in [0.5, 0.6) is 11.5 Å². The number of hydrogen-bond donors (Lipinski definition) is 1. The number of hydrogen-bond acceptors (Lipinski definition) is 6. The molecule has 0 amide bonds. The number of nitrogens with zero attached hydrogens (tertiary/aromatic N) is 3. The first-order valence-electron chi connectivity index (χ1n) is 9.78. The van der Waals surface area contributed by atoms with Gasteiger partial charge in [-0.25, -0.2) is 15.4 Å². The Hall–Kier alpha value is -4.19. The molecule has 0 saturated heterocycles. The van der Waals surface area contributed by atoms with Crippen LogP contribution in [-0.4, -0.2) is 30.4 Å². The van der Waals surface area contributed by atoms with Gasteiger partial charge in [0.05, 0.1) is 31.8 Å². The van der Waals surface area contributed by atoms with Crippen LogP contribution in [0.2, 0.25) is 0 Å². The molecule has 0 spiro atoms. The molecule has 0 unspecified atom stereocenters. The largest absolute Gasteiger partial charge is 0.493 e. The van der Waals surface area contributed by atoms with Gasteiger partial charge in [0.1, 0.15) is 0 Å². The molecule has 0 aliphatic heterocycles. The number of ether oxygens (including phenoxy) is 2. The summed E-state index contributed by atoms with van der Waals surface area (Å²) in [5.41, 5.74) is 7.34. The lowest BCUT2D eigenvalue weighted by atomic mass is 10.1. The Morgan fingerprint density at radius 2 is 1.35 bits per heavy atom. The quantitative estimate of drug-likeness (QED) is 0.332. The Bertz CT molecular complexity index is 1180. The highest BCUT2D eigenvalue weighted by molar-refractivity contribution is 5.80. The summed E-state index contributed by atoms with van der Waals surface area (Å²) in [6.45, 7) is 0. The van der Waals surface area contributed by atoms with Gasteiger partial charge in [-0.15, -0.1) is 0 Å². The minimum atomic E-state index is 0.401. The predicted molar refractivity (Wildman–Crippen MR) is 124 cm³/mol. The number of methoxy groups -OCH3 is 2. The second kappa shape index (κ2) is 9.54. The van der Waals surface area contributed by atoms with Crippen molar-refractivity contribution < 1.29 is 9.47 Å². The van der Waals surface area contributed by atoms with Gasteiger partial charge in [0.25, 0.3) is 0 Å². The normalized spacial score (nSPS) is 10.8. The van der Waals surface area contributed by atoms with E-state index in [1.807, 2.05) is 84.9 Å². The SMILES string of the molecule is COc1ccc(-c2cc(-c3ccccc3)nc(N/N=C/c3ccccc3)n2)cc1OC. The molecule has 0 radical (unpaired) electrons. The number of hydrazone groups is 1. The summed E-state index contributed by atoms with van der Waals surface area (Å²) >= 11 is 0. The first kappa shape index (κ1) is 20.1. The zero-order valence-corrected chi connectivity index (χ0v) is 17.3. The van der Waals surface area contributed by atoms with Gasteiger partial charge >= 0.3 is 0 Å². The minimum Gasteiger partial charge on any atom is -0.493 e. The Balaban J connectivity index is 1.72. The third-order valence-corrected chi connectivity index (χ3v) is 4.65. The maximum Gasteiger partial charge on any atom is 0.244 e. The van der Waals surface area contributed by atoms with E-state index in [0.717, 1.165) is 28.1 Å². The van der Waals surface area contributed by atoms with Crippen LogP contribution in [0.15, 0.2) is 90.0 Å². The van der Waals surface area contributed by atoms with Crippen LogP contribution in [0.4, 0.5) is 5.95 Å². The fraction of sp³-hybridized carbons (Fsp3) is 0.0800. The van der Waals surface area contributed by atoms with Crippen molar-refractivity contribution in [1.82, 2.24) is 9.97 Å². The highest BCUT2D eigenvalue weighted by Crippen LogP contribution is 2.33. The Labute approximate surface area is 181 Å². The number of rotatable bonds is 7. The molecule has 0 saturated carbocycles. The number of nitrogens with one attached hydrogen (secondary N) is 1. The van der Waals surface area contributed by atoms with Crippen molar-refractivity contribution >= 4 is 12.2 Å². The third-order valence-electron chi connectivity index (χ3n) is 4.65. The van der Waals surface area contributed by atoms with E-state index < -0.39 is 0 Å². The molecular formula is C25H22N4O2. The van der Waals surface area contributed by atoms with Crippen molar-refractivity contribution in [3.63, 3.8) is 0 Å².